The van der Waals surface area contributed by atoms with Gasteiger partial charge in [-0.25, -0.2) is 4.39 Å². The fraction of sp³-hybridized carbons (Fsp3) is 0.143. The molecule has 4 rings (SSSR count). The molecule has 0 radical (unpaired) electrons. The molecular formula is C21H15F4N5O. The largest absolute Gasteiger partial charge is 0.416 e. The highest BCUT2D eigenvalue weighted by molar-refractivity contribution is 5.94. The molecule has 0 bridgehead atoms. The molecule has 0 aliphatic rings. The standard InChI is InChI=1S/C21H15F4N5O/c22-17-7-2-1-4-13(17)8-9-26-20(31)18-11-16(19-28-27-12-30(19)29-18)14-5-3-6-15(10-14)21(23,24)25/h1-7,10-12H,8-9H2,(H,26,31). The van der Waals surface area contributed by atoms with Crippen molar-refractivity contribution in [3.05, 3.63) is 83.6 Å². The summed E-state index contributed by atoms with van der Waals surface area (Å²) in [7, 11) is 0. The summed E-state index contributed by atoms with van der Waals surface area (Å²) < 4.78 is 54.3. The predicted octanol–water partition coefficient (Wildman–Crippen LogP) is 3.92. The molecule has 4 aromatic rings. The van der Waals surface area contributed by atoms with Gasteiger partial charge in [0.15, 0.2) is 5.65 Å². The number of rotatable bonds is 5. The van der Waals surface area contributed by atoms with Crippen molar-refractivity contribution in [2.75, 3.05) is 6.54 Å². The van der Waals surface area contributed by atoms with E-state index in [1.54, 1.807) is 18.2 Å². The molecule has 0 aliphatic heterocycles. The van der Waals surface area contributed by atoms with Crippen molar-refractivity contribution in [2.45, 2.75) is 12.6 Å². The summed E-state index contributed by atoms with van der Waals surface area (Å²) in [5.74, 6) is -0.923. The van der Waals surface area contributed by atoms with Crippen LogP contribution in [0.1, 0.15) is 21.6 Å². The average Bonchev–Trinajstić information content (AvgIpc) is 3.22. The third-order valence-electron chi connectivity index (χ3n) is 4.64. The average molecular weight is 429 g/mol. The molecule has 0 saturated carbocycles. The second-order valence-corrected chi connectivity index (χ2v) is 6.72. The Balaban J connectivity index is 1.61. The van der Waals surface area contributed by atoms with Crippen molar-refractivity contribution < 1.29 is 22.4 Å². The Kier molecular flexibility index (Phi) is 5.37. The molecule has 0 fully saturated rings. The lowest BCUT2D eigenvalue weighted by Gasteiger charge is -2.11. The molecule has 158 valence electrons. The maximum Gasteiger partial charge on any atom is 0.416 e. The maximum absolute atomic E-state index is 13.7. The lowest BCUT2D eigenvalue weighted by atomic mass is 10.0. The molecule has 1 N–H and O–H groups in total. The molecular weight excluding hydrogens is 414 g/mol. The van der Waals surface area contributed by atoms with Crippen LogP contribution in [0.2, 0.25) is 0 Å². The molecule has 6 nitrogen and oxygen atoms in total. The molecule has 0 atom stereocenters. The van der Waals surface area contributed by atoms with Gasteiger partial charge < -0.3 is 5.32 Å². The summed E-state index contributed by atoms with van der Waals surface area (Å²) in [6.07, 6.45) is -2.99. The molecule has 1 amide bonds. The van der Waals surface area contributed by atoms with Crippen LogP contribution in [0.4, 0.5) is 17.6 Å². The Bertz CT molecular complexity index is 1250. The quantitative estimate of drug-likeness (QED) is 0.488. The monoisotopic (exact) mass is 429 g/mol. The Morgan fingerprint density at radius 1 is 1.06 bits per heavy atom. The Morgan fingerprint density at radius 3 is 2.65 bits per heavy atom. The minimum atomic E-state index is -4.51. The predicted molar refractivity (Wildman–Crippen MR) is 104 cm³/mol. The van der Waals surface area contributed by atoms with Crippen molar-refractivity contribution in [1.29, 1.82) is 0 Å². The Morgan fingerprint density at radius 2 is 1.87 bits per heavy atom. The van der Waals surface area contributed by atoms with Gasteiger partial charge in [0.1, 0.15) is 17.8 Å². The molecule has 31 heavy (non-hydrogen) atoms. The topological polar surface area (TPSA) is 72.2 Å². The first-order chi connectivity index (χ1) is 14.8. The Hall–Kier alpha value is -3.82. The first-order valence-electron chi connectivity index (χ1n) is 9.23. The lowest BCUT2D eigenvalue weighted by Crippen LogP contribution is -2.27. The number of nitrogens with zero attached hydrogens (tertiary/aromatic N) is 4. The number of hydrogen-bond acceptors (Lipinski definition) is 4. The normalized spacial score (nSPS) is 11.6. The van der Waals surface area contributed by atoms with E-state index in [1.165, 1.54) is 35.1 Å². The zero-order valence-electron chi connectivity index (χ0n) is 15.9. The van der Waals surface area contributed by atoms with Crippen LogP contribution in [0.25, 0.3) is 16.8 Å². The van der Waals surface area contributed by atoms with Crippen LogP contribution < -0.4 is 5.32 Å². The van der Waals surface area contributed by atoms with E-state index < -0.39 is 17.6 Å². The lowest BCUT2D eigenvalue weighted by molar-refractivity contribution is -0.137. The fourth-order valence-electron chi connectivity index (χ4n) is 3.12. The van der Waals surface area contributed by atoms with E-state index in [4.69, 9.17) is 0 Å². The van der Waals surface area contributed by atoms with Crippen molar-refractivity contribution in [2.24, 2.45) is 0 Å². The van der Waals surface area contributed by atoms with Gasteiger partial charge >= 0.3 is 6.18 Å². The molecule has 2 heterocycles. The van der Waals surface area contributed by atoms with E-state index in [0.29, 0.717) is 5.56 Å². The maximum atomic E-state index is 13.7. The van der Waals surface area contributed by atoms with Crippen LogP contribution in [-0.2, 0) is 12.6 Å². The summed E-state index contributed by atoms with van der Waals surface area (Å²) in [5.41, 5.74) is 0.300. The van der Waals surface area contributed by atoms with Crippen LogP contribution in [-0.4, -0.2) is 32.3 Å². The number of carbonyl (C=O) groups is 1. The second kappa shape index (κ2) is 8.13. The van der Waals surface area contributed by atoms with E-state index in [1.807, 2.05) is 0 Å². The number of carbonyl (C=O) groups excluding carboxylic acids is 1. The molecule has 10 heteroatoms. The van der Waals surface area contributed by atoms with Crippen molar-refractivity contribution in [3.63, 3.8) is 0 Å². The molecule has 2 aromatic carbocycles. The Labute approximate surface area is 173 Å². The highest BCUT2D eigenvalue weighted by Gasteiger charge is 2.30. The van der Waals surface area contributed by atoms with Gasteiger partial charge in [-0.05, 0) is 41.8 Å². The molecule has 0 unspecified atom stereocenters. The number of hydrogen-bond donors (Lipinski definition) is 1. The molecule has 0 spiro atoms. The number of alkyl halides is 3. The zero-order chi connectivity index (χ0) is 22.0. The number of nitrogens with one attached hydrogen (secondary N) is 1. The van der Waals surface area contributed by atoms with Gasteiger partial charge in [0, 0.05) is 12.1 Å². The van der Waals surface area contributed by atoms with Gasteiger partial charge in [-0.1, -0.05) is 30.3 Å². The summed E-state index contributed by atoms with van der Waals surface area (Å²) in [5, 5.41) is 14.4. The first kappa shape index (κ1) is 20.5. The highest BCUT2D eigenvalue weighted by Crippen LogP contribution is 2.33. The third-order valence-corrected chi connectivity index (χ3v) is 4.64. The first-order valence-corrected chi connectivity index (χ1v) is 9.23. The van der Waals surface area contributed by atoms with Gasteiger partial charge in [-0.15, -0.1) is 10.2 Å². The number of benzene rings is 2. The van der Waals surface area contributed by atoms with Gasteiger partial charge in [0.05, 0.1) is 5.56 Å². The molecule has 0 aliphatic carbocycles. The van der Waals surface area contributed by atoms with E-state index in [9.17, 15) is 22.4 Å². The minimum Gasteiger partial charge on any atom is -0.350 e. The third kappa shape index (κ3) is 4.37. The van der Waals surface area contributed by atoms with E-state index in [-0.39, 0.29) is 41.3 Å². The van der Waals surface area contributed by atoms with Crippen molar-refractivity contribution in [1.82, 2.24) is 25.1 Å². The van der Waals surface area contributed by atoms with Gasteiger partial charge in [-0.3, -0.25) is 4.79 Å². The second-order valence-electron chi connectivity index (χ2n) is 6.72. The van der Waals surface area contributed by atoms with Crippen LogP contribution in [0, 0.1) is 5.82 Å². The van der Waals surface area contributed by atoms with E-state index in [0.717, 1.165) is 12.1 Å². The number of halogens is 4. The van der Waals surface area contributed by atoms with Gasteiger partial charge in [0.2, 0.25) is 0 Å². The summed E-state index contributed by atoms with van der Waals surface area (Å²) in [6.45, 7) is 0.153. The number of aromatic nitrogens is 4. The summed E-state index contributed by atoms with van der Waals surface area (Å²) >= 11 is 0. The molecule has 2 aromatic heterocycles. The van der Waals surface area contributed by atoms with Crippen LogP contribution in [0.5, 0.6) is 0 Å². The smallest absolute Gasteiger partial charge is 0.350 e. The van der Waals surface area contributed by atoms with Gasteiger partial charge in [0.25, 0.3) is 5.91 Å². The highest BCUT2D eigenvalue weighted by atomic mass is 19.4. The number of amides is 1. The zero-order valence-corrected chi connectivity index (χ0v) is 15.9. The molecule has 0 saturated heterocycles. The summed E-state index contributed by atoms with van der Waals surface area (Å²) in [6, 6.07) is 12.3. The van der Waals surface area contributed by atoms with E-state index >= 15 is 0 Å². The SMILES string of the molecule is O=C(NCCc1ccccc1F)c1cc(-c2cccc(C(F)(F)F)c2)c2nncn2n1. The van der Waals surface area contributed by atoms with Crippen molar-refractivity contribution >= 4 is 11.6 Å². The number of fused-ring (bicyclic) bond motifs is 1. The minimum absolute atomic E-state index is 0.0340. The van der Waals surface area contributed by atoms with Crippen LogP contribution in [0.3, 0.4) is 0 Å². The van der Waals surface area contributed by atoms with Gasteiger partial charge in [-0.2, -0.15) is 22.8 Å². The summed E-state index contributed by atoms with van der Waals surface area (Å²) in [4.78, 5) is 12.6. The van der Waals surface area contributed by atoms with E-state index in [2.05, 4.69) is 20.6 Å². The van der Waals surface area contributed by atoms with Crippen LogP contribution >= 0.6 is 0 Å². The van der Waals surface area contributed by atoms with Crippen LogP contribution in [0.15, 0.2) is 60.9 Å². The van der Waals surface area contributed by atoms with Crippen molar-refractivity contribution in [3.8, 4) is 11.1 Å². The fourth-order valence-corrected chi connectivity index (χ4v) is 3.12.